The summed E-state index contributed by atoms with van der Waals surface area (Å²) in [6, 6.07) is 7.55. The third-order valence-corrected chi connectivity index (χ3v) is 5.13. The number of ether oxygens (including phenoxy) is 2. The smallest absolute Gasteiger partial charge is 0.232 e. The van der Waals surface area contributed by atoms with Crippen LogP contribution < -0.4 is 0 Å². The van der Waals surface area contributed by atoms with Gasteiger partial charge >= 0.3 is 0 Å². The number of rotatable bonds is 3. The van der Waals surface area contributed by atoms with Crippen molar-refractivity contribution in [1.82, 2.24) is 4.90 Å². The molecule has 2 aliphatic heterocycles. The highest BCUT2D eigenvalue weighted by Gasteiger charge is 2.38. The summed E-state index contributed by atoms with van der Waals surface area (Å²) < 4.78 is 11.3. The van der Waals surface area contributed by atoms with Gasteiger partial charge in [0.1, 0.15) is 0 Å². The number of hydrogen-bond donors (Lipinski definition) is 0. The molecule has 1 aromatic carbocycles. The average Bonchev–Trinajstić information content (AvgIpc) is 3.09. The molecule has 4 nitrogen and oxygen atoms in total. The number of nitrogens with zero attached hydrogens (tertiary/aromatic N) is 1. The van der Waals surface area contributed by atoms with Gasteiger partial charge in [-0.15, -0.1) is 0 Å². The Bertz CT molecular complexity index is 552. The molecular formula is C18H24ClNO3. The predicted molar refractivity (Wildman–Crippen MR) is 89.5 cm³/mol. The van der Waals surface area contributed by atoms with Gasteiger partial charge in [-0.3, -0.25) is 4.79 Å². The second-order valence-corrected chi connectivity index (χ2v) is 7.33. The molecule has 2 saturated heterocycles. The predicted octanol–water partition coefficient (Wildman–Crippen LogP) is 3.23. The van der Waals surface area contributed by atoms with Crippen LogP contribution in [-0.4, -0.2) is 43.4 Å². The normalized spacial score (nSPS) is 23.3. The molecule has 1 unspecified atom stereocenters. The van der Waals surface area contributed by atoms with Crippen LogP contribution in [-0.2, 0) is 19.7 Å². The second kappa shape index (κ2) is 6.80. The first-order chi connectivity index (χ1) is 11.0. The molecule has 126 valence electrons. The van der Waals surface area contributed by atoms with Crippen LogP contribution in [0.15, 0.2) is 24.3 Å². The van der Waals surface area contributed by atoms with Gasteiger partial charge in [0.25, 0.3) is 0 Å². The molecule has 2 heterocycles. The maximum absolute atomic E-state index is 13.1. The molecular weight excluding hydrogens is 314 g/mol. The summed E-state index contributed by atoms with van der Waals surface area (Å²) in [5.74, 6) is 0.429. The molecule has 5 heteroatoms. The van der Waals surface area contributed by atoms with E-state index in [1.165, 1.54) is 0 Å². The fourth-order valence-corrected chi connectivity index (χ4v) is 3.58. The zero-order chi connectivity index (χ0) is 16.4. The van der Waals surface area contributed by atoms with E-state index in [0.717, 1.165) is 24.9 Å². The van der Waals surface area contributed by atoms with E-state index in [9.17, 15) is 4.79 Å². The molecule has 0 N–H and O–H groups in total. The number of hydrogen-bond acceptors (Lipinski definition) is 3. The first-order valence-corrected chi connectivity index (χ1v) is 8.65. The van der Waals surface area contributed by atoms with Crippen molar-refractivity contribution >= 4 is 17.5 Å². The van der Waals surface area contributed by atoms with Crippen LogP contribution in [0.3, 0.4) is 0 Å². The average molecular weight is 338 g/mol. The molecule has 23 heavy (non-hydrogen) atoms. The van der Waals surface area contributed by atoms with E-state index < -0.39 is 5.41 Å². The van der Waals surface area contributed by atoms with Gasteiger partial charge in [-0.25, -0.2) is 0 Å². The number of carbonyl (C=O) groups excluding carboxylic acids is 1. The topological polar surface area (TPSA) is 38.8 Å². The van der Waals surface area contributed by atoms with E-state index in [1.807, 2.05) is 43.0 Å². The minimum Gasteiger partial charge on any atom is -0.350 e. The first-order valence-electron chi connectivity index (χ1n) is 8.27. The van der Waals surface area contributed by atoms with Crippen molar-refractivity contribution in [1.29, 1.82) is 0 Å². The van der Waals surface area contributed by atoms with Crippen LogP contribution in [0.25, 0.3) is 0 Å². The van der Waals surface area contributed by atoms with E-state index in [4.69, 9.17) is 21.1 Å². The van der Waals surface area contributed by atoms with Crippen molar-refractivity contribution in [3.05, 3.63) is 34.9 Å². The van der Waals surface area contributed by atoms with Gasteiger partial charge in [0.2, 0.25) is 5.91 Å². The minimum atomic E-state index is -0.566. The number of carbonyl (C=O) groups is 1. The summed E-state index contributed by atoms with van der Waals surface area (Å²) in [5.41, 5.74) is 0.423. The van der Waals surface area contributed by atoms with Crippen LogP contribution in [0.2, 0.25) is 5.02 Å². The van der Waals surface area contributed by atoms with Crippen LogP contribution in [0, 0.1) is 5.92 Å². The minimum absolute atomic E-state index is 0.149. The van der Waals surface area contributed by atoms with Gasteiger partial charge in [-0.1, -0.05) is 23.7 Å². The number of benzene rings is 1. The summed E-state index contributed by atoms with van der Waals surface area (Å²) in [5, 5.41) is 0.686. The fourth-order valence-electron chi connectivity index (χ4n) is 3.45. The second-order valence-electron chi connectivity index (χ2n) is 6.90. The molecule has 2 fully saturated rings. The van der Waals surface area contributed by atoms with Crippen molar-refractivity contribution in [2.24, 2.45) is 5.92 Å². The Hall–Kier alpha value is -1.10. The molecule has 3 rings (SSSR count). The van der Waals surface area contributed by atoms with E-state index in [0.29, 0.717) is 24.8 Å². The lowest BCUT2D eigenvalue weighted by atomic mass is 9.82. The molecule has 0 saturated carbocycles. The first kappa shape index (κ1) is 16.7. The Morgan fingerprint density at radius 3 is 2.52 bits per heavy atom. The lowest BCUT2D eigenvalue weighted by molar-refractivity contribution is -0.144. The molecule has 0 bridgehead atoms. The zero-order valence-corrected chi connectivity index (χ0v) is 14.5. The Kier molecular flexibility index (Phi) is 4.95. The highest BCUT2D eigenvalue weighted by molar-refractivity contribution is 6.30. The van der Waals surface area contributed by atoms with Crippen LogP contribution in [0.5, 0.6) is 0 Å². The SMILES string of the molecule is CC(C)(C(=O)N1CCCC(C2OCCO2)C1)c1ccc(Cl)cc1. The molecule has 0 radical (unpaired) electrons. The van der Waals surface area contributed by atoms with Crippen molar-refractivity contribution < 1.29 is 14.3 Å². The molecule has 1 amide bonds. The van der Waals surface area contributed by atoms with E-state index in [1.54, 1.807) is 0 Å². The van der Waals surface area contributed by atoms with E-state index >= 15 is 0 Å². The lowest BCUT2D eigenvalue weighted by Crippen LogP contribution is -2.49. The summed E-state index contributed by atoms with van der Waals surface area (Å²) in [6.45, 7) is 6.78. The summed E-state index contributed by atoms with van der Waals surface area (Å²) >= 11 is 5.96. The Morgan fingerprint density at radius 1 is 1.22 bits per heavy atom. The van der Waals surface area contributed by atoms with Crippen molar-refractivity contribution in [3.63, 3.8) is 0 Å². The monoisotopic (exact) mass is 337 g/mol. The van der Waals surface area contributed by atoms with Crippen molar-refractivity contribution in [2.45, 2.75) is 38.4 Å². The lowest BCUT2D eigenvalue weighted by Gasteiger charge is -2.39. The molecule has 2 aliphatic rings. The number of amides is 1. The van der Waals surface area contributed by atoms with Gasteiger partial charge in [-0.05, 0) is 44.4 Å². The third-order valence-electron chi connectivity index (χ3n) is 4.88. The molecule has 0 spiro atoms. The molecule has 0 aliphatic carbocycles. The summed E-state index contributed by atoms with van der Waals surface area (Å²) in [6.07, 6.45) is 1.90. The van der Waals surface area contributed by atoms with Crippen LogP contribution in [0.4, 0.5) is 0 Å². The number of piperidine rings is 1. The van der Waals surface area contributed by atoms with Gasteiger partial charge in [0, 0.05) is 24.0 Å². The Morgan fingerprint density at radius 2 is 1.87 bits per heavy atom. The Balaban J connectivity index is 1.71. The fraction of sp³-hybridized carbons (Fsp3) is 0.611. The van der Waals surface area contributed by atoms with Crippen molar-refractivity contribution in [3.8, 4) is 0 Å². The van der Waals surface area contributed by atoms with E-state index in [2.05, 4.69) is 0 Å². The van der Waals surface area contributed by atoms with Crippen molar-refractivity contribution in [2.75, 3.05) is 26.3 Å². The molecule has 1 aromatic rings. The van der Waals surface area contributed by atoms with Crippen LogP contribution in [0.1, 0.15) is 32.3 Å². The quantitative estimate of drug-likeness (QED) is 0.850. The molecule has 0 aromatic heterocycles. The molecule has 1 atom stereocenters. The summed E-state index contributed by atoms with van der Waals surface area (Å²) in [7, 11) is 0. The van der Waals surface area contributed by atoms with Crippen LogP contribution >= 0.6 is 11.6 Å². The zero-order valence-electron chi connectivity index (χ0n) is 13.8. The largest absolute Gasteiger partial charge is 0.350 e. The highest BCUT2D eigenvalue weighted by atomic mass is 35.5. The van der Waals surface area contributed by atoms with E-state index in [-0.39, 0.29) is 18.1 Å². The standard InChI is InChI=1S/C18H24ClNO3/c1-18(2,14-5-7-15(19)8-6-14)17(21)20-9-3-4-13(12-20)16-22-10-11-23-16/h5-8,13,16H,3-4,9-12H2,1-2H3. The maximum Gasteiger partial charge on any atom is 0.232 e. The third kappa shape index (κ3) is 3.54. The van der Waals surface area contributed by atoms with Gasteiger partial charge in [0.05, 0.1) is 18.6 Å². The van der Waals surface area contributed by atoms with Gasteiger partial charge in [-0.2, -0.15) is 0 Å². The maximum atomic E-state index is 13.1. The van der Waals surface area contributed by atoms with Gasteiger partial charge < -0.3 is 14.4 Å². The number of halogens is 1. The number of likely N-dealkylation sites (tertiary alicyclic amines) is 1. The highest BCUT2D eigenvalue weighted by Crippen LogP contribution is 2.31. The Labute approximate surface area is 142 Å². The summed E-state index contributed by atoms with van der Waals surface area (Å²) in [4.78, 5) is 15.0. The van der Waals surface area contributed by atoms with Gasteiger partial charge in [0.15, 0.2) is 6.29 Å².